The van der Waals surface area contributed by atoms with Crippen LogP contribution in [-0.4, -0.2) is 24.0 Å². The van der Waals surface area contributed by atoms with E-state index in [1.807, 2.05) is 13.8 Å². The number of thiazole rings is 1. The third-order valence-electron chi connectivity index (χ3n) is 4.45. The van der Waals surface area contributed by atoms with E-state index < -0.39 is 5.82 Å². The van der Waals surface area contributed by atoms with Gasteiger partial charge >= 0.3 is 0 Å². The fourth-order valence-corrected chi connectivity index (χ4v) is 4.10. The van der Waals surface area contributed by atoms with Crippen LogP contribution in [0.4, 0.5) is 14.5 Å². The Kier molecular flexibility index (Phi) is 6.27. The van der Waals surface area contributed by atoms with Gasteiger partial charge < -0.3 is 9.64 Å². The molecule has 0 saturated heterocycles. The number of anilines is 1. The van der Waals surface area contributed by atoms with Gasteiger partial charge in [0.1, 0.15) is 10.7 Å². The molecule has 1 heterocycles. The van der Waals surface area contributed by atoms with E-state index in [-0.39, 0.29) is 23.5 Å². The number of rotatable bonds is 6. The number of ether oxygens (including phenoxy) is 1. The van der Waals surface area contributed by atoms with Gasteiger partial charge in [0.05, 0.1) is 17.8 Å². The van der Waals surface area contributed by atoms with Crippen molar-refractivity contribution in [2.75, 3.05) is 12.0 Å². The number of amides is 1. The molecule has 0 bridgehead atoms. The number of halogens is 2. The summed E-state index contributed by atoms with van der Waals surface area (Å²) < 4.78 is 32.3. The van der Waals surface area contributed by atoms with Gasteiger partial charge in [-0.05, 0) is 50.6 Å². The highest BCUT2D eigenvalue weighted by Gasteiger charge is 2.26. The molecular formula is C22H22F2N2O2S. The number of carbonyl (C=O) groups excluding carboxylic acids is 1. The predicted molar refractivity (Wildman–Crippen MR) is 111 cm³/mol. The zero-order valence-electron chi connectivity index (χ0n) is 16.7. The Morgan fingerprint density at radius 1 is 1.17 bits per heavy atom. The molecule has 3 aromatic rings. The molecule has 3 rings (SSSR count). The van der Waals surface area contributed by atoms with Crippen molar-refractivity contribution in [3.8, 4) is 5.75 Å². The van der Waals surface area contributed by atoms with Gasteiger partial charge in [0.2, 0.25) is 0 Å². The van der Waals surface area contributed by atoms with Gasteiger partial charge in [0.25, 0.3) is 5.91 Å². The predicted octanol–water partition coefficient (Wildman–Crippen LogP) is 5.38. The van der Waals surface area contributed by atoms with Crippen LogP contribution in [0.25, 0.3) is 0 Å². The fourth-order valence-electron chi connectivity index (χ4n) is 3.07. The van der Waals surface area contributed by atoms with Gasteiger partial charge in [0, 0.05) is 24.2 Å². The van der Waals surface area contributed by atoms with Crippen molar-refractivity contribution in [2.45, 2.75) is 33.2 Å². The Morgan fingerprint density at radius 3 is 2.45 bits per heavy atom. The molecule has 1 aromatic heterocycles. The van der Waals surface area contributed by atoms with E-state index in [2.05, 4.69) is 4.98 Å². The van der Waals surface area contributed by atoms with Crippen LogP contribution in [0, 0.1) is 18.6 Å². The number of hydrogen-bond donors (Lipinski definition) is 0. The van der Waals surface area contributed by atoms with E-state index in [1.165, 1.54) is 42.7 Å². The van der Waals surface area contributed by atoms with Crippen LogP contribution in [-0.2, 0) is 6.42 Å². The zero-order valence-corrected chi connectivity index (χ0v) is 17.5. The summed E-state index contributed by atoms with van der Waals surface area (Å²) in [5.41, 5.74) is 1.99. The highest BCUT2D eigenvalue weighted by Crippen LogP contribution is 2.29. The Labute approximate surface area is 172 Å². The Morgan fingerprint density at radius 2 is 1.86 bits per heavy atom. The minimum absolute atomic E-state index is 0.125. The standard InChI is InChI=1S/C22H22F2N2O2S/c1-13(2)26(17-9-10-19(28-4)18(24)12-17)22(27)21-14(3)25-20(29-21)11-15-5-7-16(23)8-6-15/h5-10,12-13H,11H2,1-4H3. The van der Waals surface area contributed by atoms with E-state index in [9.17, 15) is 13.6 Å². The molecule has 4 nitrogen and oxygen atoms in total. The topological polar surface area (TPSA) is 42.4 Å². The minimum Gasteiger partial charge on any atom is -0.494 e. The van der Waals surface area contributed by atoms with Gasteiger partial charge in [-0.2, -0.15) is 0 Å². The number of aromatic nitrogens is 1. The molecule has 0 spiro atoms. The van der Waals surface area contributed by atoms with Crippen molar-refractivity contribution in [3.05, 3.63) is 75.2 Å². The number of hydrogen-bond acceptors (Lipinski definition) is 4. The van der Waals surface area contributed by atoms with Crippen LogP contribution >= 0.6 is 11.3 Å². The van der Waals surface area contributed by atoms with Gasteiger partial charge in [-0.1, -0.05) is 12.1 Å². The van der Waals surface area contributed by atoms with Crippen molar-refractivity contribution in [1.82, 2.24) is 4.98 Å². The largest absolute Gasteiger partial charge is 0.494 e. The van der Waals surface area contributed by atoms with E-state index in [1.54, 1.807) is 30.0 Å². The number of methoxy groups -OCH3 is 1. The van der Waals surface area contributed by atoms with Crippen LogP contribution in [0.3, 0.4) is 0 Å². The van der Waals surface area contributed by atoms with Crippen LogP contribution in [0.15, 0.2) is 42.5 Å². The van der Waals surface area contributed by atoms with Gasteiger partial charge in [0.15, 0.2) is 11.6 Å². The quantitative estimate of drug-likeness (QED) is 0.541. The zero-order chi connectivity index (χ0) is 21.1. The maximum atomic E-state index is 14.2. The third kappa shape index (κ3) is 4.62. The van der Waals surface area contributed by atoms with Gasteiger partial charge in [-0.15, -0.1) is 11.3 Å². The first kappa shape index (κ1) is 20.9. The second-order valence-corrected chi connectivity index (χ2v) is 8.00. The molecule has 1 amide bonds. The smallest absolute Gasteiger partial charge is 0.270 e. The summed E-state index contributed by atoms with van der Waals surface area (Å²) in [5, 5.41) is 0.766. The van der Waals surface area contributed by atoms with Crippen molar-refractivity contribution in [2.24, 2.45) is 0 Å². The molecule has 0 N–H and O–H groups in total. The van der Waals surface area contributed by atoms with Gasteiger partial charge in [-0.25, -0.2) is 13.8 Å². The number of aryl methyl sites for hydroxylation is 1. The van der Waals surface area contributed by atoms with E-state index in [0.29, 0.717) is 22.7 Å². The molecule has 0 unspecified atom stereocenters. The second kappa shape index (κ2) is 8.69. The number of nitrogens with zero attached hydrogens (tertiary/aromatic N) is 2. The lowest BCUT2D eigenvalue weighted by Gasteiger charge is -2.26. The fraction of sp³-hybridized carbons (Fsp3) is 0.273. The molecular weight excluding hydrogens is 394 g/mol. The van der Waals surface area contributed by atoms with E-state index in [0.717, 1.165) is 10.6 Å². The van der Waals surface area contributed by atoms with Crippen molar-refractivity contribution >= 4 is 22.9 Å². The lowest BCUT2D eigenvalue weighted by molar-refractivity contribution is 0.0983. The molecule has 0 fully saturated rings. The molecule has 7 heteroatoms. The normalized spacial score (nSPS) is 11.0. The highest BCUT2D eigenvalue weighted by atomic mass is 32.1. The Balaban J connectivity index is 1.89. The van der Waals surface area contributed by atoms with Crippen LogP contribution in [0.5, 0.6) is 5.75 Å². The first-order chi connectivity index (χ1) is 13.8. The molecule has 29 heavy (non-hydrogen) atoms. The molecule has 0 saturated carbocycles. The van der Waals surface area contributed by atoms with Crippen LogP contribution in [0.2, 0.25) is 0 Å². The maximum absolute atomic E-state index is 14.2. The average molecular weight is 416 g/mol. The number of carbonyl (C=O) groups is 1. The molecule has 0 atom stereocenters. The summed E-state index contributed by atoms with van der Waals surface area (Å²) in [7, 11) is 1.40. The summed E-state index contributed by atoms with van der Waals surface area (Å²) >= 11 is 1.30. The molecule has 0 aliphatic rings. The lowest BCUT2D eigenvalue weighted by Crippen LogP contribution is -2.37. The molecule has 0 radical (unpaired) electrons. The summed E-state index contributed by atoms with van der Waals surface area (Å²) in [6.45, 7) is 5.52. The molecule has 152 valence electrons. The second-order valence-electron chi connectivity index (χ2n) is 6.91. The van der Waals surface area contributed by atoms with E-state index >= 15 is 0 Å². The summed E-state index contributed by atoms with van der Waals surface area (Å²) in [5.74, 6) is -0.925. The Hall–Kier alpha value is -2.80. The van der Waals surface area contributed by atoms with Crippen LogP contribution < -0.4 is 9.64 Å². The molecule has 0 aliphatic carbocycles. The molecule has 2 aromatic carbocycles. The highest BCUT2D eigenvalue weighted by molar-refractivity contribution is 7.14. The lowest BCUT2D eigenvalue weighted by atomic mass is 10.1. The van der Waals surface area contributed by atoms with E-state index in [4.69, 9.17) is 4.74 Å². The van der Waals surface area contributed by atoms with Crippen molar-refractivity contribution in [1.29, 1.82) is 0 Å². The summed E-state index contributed by atoms with van der Waals surface area (Å²) in [6, 6.07) is 10.5. The first-order valence-corrected chi connectivity index (χ1v) is 9.99. The first-order valence-electron chi connectivity index (χ1n) is 9.18. The summed E-state index contributed by atoms with van der Waals surface area (Å²) in [6.07, 6.45) is 0.512. The van der Waals surface area contributed by atoms with Crippen LogP contribution in [0.1, 0.15) is 39.8 Å². The maximum Gasteiger partial charge on any atom is 0.270 e. The van der Waals surface area contributed by atoms with Crippen molar-refractivity contribution < 1.29 is 18.3 Å². The van der Waals surface area contributed by atoms with Gasteiger partial charge in [-0.3, -0.25) is 4.79 Å². The average Bonchev–Trinajstić information content (AvgIpc) is 3.04. The third-order valence-corrected chi connectivity index (χ3v) is 5.60. The molecule has 0 aliphatic heterocycles. The SMILES string of the molecule is COc1ccc(N(C(=O)c2sc(Cc3ccc(F)cc3)nc2C)C(C)C)cc1F. The Bertz CT molecular complexity index is 1020. The number of benzene rings is 2. The summed E-state index contributed by atoms with van der Waals surface area (Å²) in [4.78, 5) is 19.8. The minimum atomic E-state index is -0.526. The van der Waals surface area contributed by atoms with Crippen molar-refractivity contribution in [3.63, 3.8) is 0 Å². The monoisotopic (exact) mass is 416 g/mol.